The Balaban J connectivity index is 2.18. The SMILES string of the molecule is CCCC(O)CNC(=O)c1oc2c(F)cccc2c1C. The molecule has 0 aliphatic heterocycles. The molecule has 1 heterocycles. The van der Waals surface area contributed by atoms with Gasteiger partial charge in [-0.1, -0.05) is 25.5 Å². The van der Waals surface area contributed by atoms with Gasteiger partial charge in [-0.2, -0.15) is 0 Å². The molecule has 0 fully saturated rings. The van der Waals surface area contributed by atoms with Crippen LogP contribution in [0.25, 0.3) is 11.0 Å². The standard InChI is InChI=1S/C15H18FNO3/c1-3-5-10(18)8-17-15(19)13-9(2)11-6-4-7-12(16)14(11)20-13/h4,6-7,10,18H,3,5,8H2,1-2H3,(H,17,19). The van der Waals surface area contributed by atoms with Crippen LogP contribution in [0.3, 0.4) is 0 Å². The van der Waals surface area contributed by atoms with Crippen molar-refractivity contribution < 1.29 is 18.7 Å². The van der Waals surface area contributed by atoms with Crippen LogP contribution >= 0.6 is 0 Å². The molecule has 1 amide bonds. The lowest BCUT2D eigenvalue weighted by molar-refractivity contribution is 0.0884. The zero-order valence-electron chi connectivity index (χ0n) is 11.6. The van der Waals surface area contributed by atoms with Crippen molar-refractivity contribution in [3.63, 3.8) is 0 Å². The van der Waals surface area contributed by atoms with Gasteiger partial charge in [0.2, 0.25) is 0 Å². The Bertz CT molecular complexity index is 621. The zero-order valence-corrected chi connectivity index (χ0v) is 11.6. The second-order valence-corrected chi connectivity index (χ2v) is 4.83. The maximum absolute atomic E-state index is 13.6. The number of benzene rings is 1. The second kappa shape index (κ2) is 6.05. The summed E-state index contributed by atoms with van der Waals surface area (Å²) in [6.45, 7) is 3.82. The molecule has 4 nitrogen and oxygen atoms in total. The van der Waals surface area contributed by atoms with Gasteiger partial charge in [-0.25, -0.2) is 4.39 Å². The van der Waals surface area contributed by atoms with E-state index in [1.165, 1.54) is 6.07 Å². The summed E-state index contributed by atoms with van der Waals surface area (Å²) in [5, 5.41) is 12.8. The monoisotopic (exact) mass is 279 g/mol. The van der Waals surface area contributed by atoms with Gasteiger partial charge in [-0.15, -0.1) is 0 Å². The Morgan fingerprint density at radius 1 is 1.50 bits per heavy atom. The minimum atomic E-state index is -0.578. The zero-order chi connectivity index (χ0) is 14.7. The topological polar surface area (TPSA) is 62.5 Å². The number of aliphatic hydroxyl groups is 1. The number of halogens is 1. The molecule has 20 heavy (non-hydrogen) atoms. The predicted molar refractivity (Wildman–Crippen MR) is 74.2 cm³/mol. The number of nitrogens with one attached hydrogen (secondary N) is 1. The molecule has 0 aliphatic rings. The van der Waals surface area contributed by atoms with Crippen molar-refractivity contribution >= 4 is 16.9 Å². The van der Waals surface area contributed by atoms with Gasteiger partial charge >= 0.3 is 0 Å². The van der Waals surface area contributed by atoms with Gasteiger partial charge in [0.15, 0.2) is 17.2 Å². The number of hydrogen-bond donors (Lipinski definition) is 2. The fourth-order valence-electron chi connectivity index (χ4n) is 2.15. The molecule has 0 spiro atoms. The highest BCUT2D eigenvalue weighted by Crippen LogP contribution is 2.27. The number of aryl methyl sites for hydroxylation is 1. The van der Waals surface area contributed by atoms with E-state index >= 15 is 0 Å². The molecule has 0 saturated heterocycles. The fourth-order valence-corrected chi connectivity index (χ4v) is 2.15. The lowest BCUT2D eigenvalue weighted by Gasteiger charge is -2.09. The third-order valence-corrected chi connectivity index (χ3v) is 3.24. The second-order valence-electron chi connectivity index (χ2n) is 4.83. The summed E-state index contributed by atoms with van der Waals surface area (Å²) in [5.41, 5.74) is 0.686. The van der Waals surface area contributed by atoms with Crippen LogP contribution in [-0.4, -0.2) is 23.7 Å². The molecule has 5 heteroatoms. The van der Waals surface area contributed by atoms with Crippen LogP contribution in [0.5, 0.6) is 0 Å². The first-order valence-electron chi connectivity index (χ1n) is 6.68. The molecule has 108 valence electrons. The lowest BCUT2D eigenvalue weighted by Crippen LogP contribution is -2.32. The van der Waals surface area contributed by atoms with Crippen molar-refractivity contribution in [3.8, 4) is 0 Å². The molecule has 2 N–H and O–H groups in total. The number of fused-ring (bicyclic) bond motifs is 1. The van der Waals surface area contributed by atoms with Gasteiger partial charge in [-0.3, -0.25) is 4.79 Å². The highest BCUT2D eigenvalue weighted by molar-refractivity contribution is 5.99. The maximum Gasteiger partial charge on any atom is 0.287 e. The van der Waals surface area contributed by atoms with E-state index in [-0.39, 0.29) is 17.9 Å². The van der Waals surface area contributed by atoms with Crippen molar-refractivity contribution in [1.82, 2.24) is 5.32 Å². The Morgan fingerprint density at radius 2 is 2.25 bits per heavy atom. The van der Waals surface area contributed by atoms with E-state index in [1.54, 1.807) is 19.1 Å². The minimum absolute atomic E-state index is 0.0873. The van der Waals surface area contributed by atoms with Crippen LogP contribution < -0.4 is 5.32 Å². The summed E-state index contributed by atoms with van der Waals surface area (Å²) in [7, 11) is 0. The van der Waals surface area contributed by atoms with Crippen LogP contribution in [0.15, 0.2) is 22.6 Å². The lowest BCUT2D eigenvalue weighted by atomic mass is 10.1. The quantitative estimate of drug-likeness (QED) is 0.884. The van der Waals surface area contributed by atoms with E-state index in [1.807, 2.05) is 6.92 Å². The summed E-state index contributed by atoms with van der Waals surface area (Å²) in [6, 6.07) is 4.57. The van der Waals surface area contributed by atoms with Crippen molar-refractivity contribution in [1.29, 1.82) is 0 Å². The maximum atomic E-state index is 13.6. The molecular weight excluding hydrogens is 261 g/mol. The van der Waals surface area contributed by atoms with Gasteiger partial charge in [0.1, 0.15) is 0 Å². The Morgan fingerprint density at radius 3 is 2.90 bits per heavy atom. The van der Waals surface area contributed by atoms with Crippen LogP contribution in [0, 0.1) is 12.7 Å². The Labute approximate surface area is 116 Å². The first kappa shape index (κ1) is 14.5. The van der Waals surface area contributed by atoms with E-state index in [0.29, 0.717) is 17.4 Å². The number of hydrogen-bond acceptors (Lipinski definition) is 3. The average molecular weight is 279 g/mol. The smallest absolute Gasteiger partial charge is 0.287 e. The van der Waals surface area contributed by atoms with Crippen molar-refractivity contribution in [2.75, 3.05) is 6.54 Å². The molecule has 0 saturated carbocycles. The van der Waals surface area contributed by atoms with E-state index in [2.05, 4.69) is 5.32 Å². The van der Waals surface area contributed by atoms with Gasteiger partial charge in [0.05, 0.1) is 6.10 Å². The van der Waals surface area contributed by atoms with E-state index in [9.17, 15) is 14.3 Å². The highest BCUT2D eigenvalue weighted by Gasteiger charge is 2.19. The van der Waals surface area contributed by atoms with E-state index < -0.39 is 17.8 Å². The molecule has 1 aromatic heterocycles. The van der Waals surface area contributed by atoms with Crippen LogP contribution in [0.4, 0.5) is 4.39 Å². The average Bonchev–Trinajstić information content (AvgIpc) is 2.76. The van der Waals surface area contributed by atoms with Crippen LogP contribution in [0.2, 0.25) is 0 Å². The molecule has 1 aromatic carbocycles. The van der Waals surface area contributed by atoms with E-state index in [0.717, 1.165) is 6.42 Å². The fraction of sp³-hybridized carbons (Fsp3) is 0.400. The third-order valence-electron chi connectivity index (χ3n) is 3.24. The third kappa shape index (κ3) is 2.82. The molecular formula is C15H18FNO3. The van der Waals surface area contributed by atoms with Gasteiger partial charge in [-0.05, 0) is 19.4 Å². The summed E-state index contributed by atoms with van der Waals surface area (Å²) in [5.74, 6) is -0.835. The summed E-state index contributed by atoms with van der Waals surface area (Å²) < 4.78 is 18.9. The number of carbonyl (C=O) groups excluding carboxylic acids is 1. The number of carbonyl (C=O) groups is 1. The largest absolute Gasteiger partial charge is 0.448 e. The molecule has 0 aliphatic carbocycles. The molecule has 1 atom stereocenters. The van der Waals surface area contributed by atoms with Gasteiger partial charge in [0.25, 0.3) is 5.91 Å². The Hall–Kier alpha value is -1.88. The van der Waals surface area contributed by atoms with Gasteiger partial charge < -0.3 is 14.8 Å². The van der Waals surface area contributed by atoms with Crippen LogP contribution in [-0.2, 0) is 0 Å². The van der Waals surface area contributed by atoms with Crippen molar-refractivity contribution in [2.45, 2.75) is 32.8 Å². The molecule has 0 radical (unpaired) electrons. The summed E-state index contributed by atoms with van der Waals surface area (Å²) in [4.78, 5) is 12.0. The molecule has 2 rings (SSSR count). The van der Waals surface area contributed by atoms with Crippen molar-refractivity contribution in [3.05, 3.63) is 35.3 Å². The van der Waals surface area contributed by atoms with Crippen molar-refractivity contribution in [2.24, 2.45) is 0 Å². The number of rotatable bonds is 5. The first-order chi connectivity index (χ1) is 9.54. The predicted octanol–water partition coefficient (Wildman–Crippen LogP) is 2.77. The number of aliphatic hydroxyl groups excluding tert-OH is 1. The molecule has 0 bridgehead atoms. The number of amides is 1. The normalized spacial score (nSPS) is 12.6. The number of furan rings is 1. The Kier molecular flexibility index (Phi) is 4.39. The van der Waals surface area contributed by atoms with E-state index in [4.69, 9.17) is 4.42 Å². The highest BCUT2D eigenvalue weighted by atomic mass is 19.1. The minimum Gasteiger partial charge on any atom is -0.448 e. The molecule has 1 unspecified atom stereocenters. The number of para-hydroxylation sites is 1. The first-order valence-corrected chi connectivity index (χ1v) is 6.68. The van der Waals surface area contributed by atoms with Gasteiger partial charge in [0, 0.05) is 17.5 Å². The summed E-state index contributed by atoms with van der Waals surface area (Å²) in [6.07, 6.45) is 0.880. The van der Waals surface area contributed by atoms with Crippen LogP contribution in [0.1, 0.15) is 35.9 Å². The molecule has 2 aromatic rings. The summed E-state index contributed by atoms with van der Waals surface area (Å²) >= 11 is 0.